The Morgan fingerprint density at radius 1 is 1.17 bits per heavy atom. The Labute approximate surface area is 141 Å². The summed E-state index contributed by atoms with van der Waals surface area (Å²) in [7, 11) is -6.09. The number of fused-ring (bicyclic) bond motifs is 1. The lowest BCUT2D eigenvalue weighted by Crippen LogP contribution is -2.21. The highest BCUT2D eigenvalue weighted by Gasteiger charge is 2.36. The van der Waals surface area contributed by atoms with Crippen LogP contribution < -0.4 is 5.32 Å². The van der Waals surface area contributed by atoms with E-state index < -0.39 is 15.6 Å². The molecule has 0 unspecified atom stereocenters. The van der Waals surface area contributed by atoms with Crippen LogP contribution in [0.25, 0.3) is 10.4 Å². The molecule has 0 amide bonds. The van der Waals surface area contributed by atoms with Crippen LogP contribution in [0, 0.1) is 0 Å². The molecule has 0 saturated heterocycles. The quantitative estimate of drug-likeness (QED) is 0.461. The standard InChI is InChI=1S/C14H14NS.CHF3O3S/c1-2-9-16-14(5-1)12-6-7-13-11(10-12)4-3-8-15-13;2-1(3,4)8(5,6)7/h1-2,5-7,9-10,15H,3-4,8H2;(H,5,6,7)/q+1;/p-1. The summed E-state index contributed by atoms with van der Waals surface area (Å²) < 4.78 is 58.9. The number of rotatable bonds is 1. The van der Waals surface area contributed by atoms with Gasteiger partial charge in [0.05, 0.1) is 0 Å². The number of alkyl halides is 3. The van der Waals surface area contributed by atoms with Crippen molar-refractivity contribution in [3.63, 3.8) is 0 Å². The molecule has 0 spiro atoms. The first-order chi connectivity index (χ1) is 11.2. The minimum absolute atomic E-state index is 1.11. The summed E-state index contributed by atoms with van der Waals surface area (Å²) in [5.41, 5.74) is -1.53. The van der Waals surface area contributed by atoms with Crippen molar-refractivity contribution in [2.75, 3.05) is 11.9 Å². The van der Waals surface area contributed by atoms with Crippen molar-refractivity contribution in [1.29, 1.82) is 0 Å². The molecule has 0 atom stereocenters. The van der Waals surface area contributed by atoms with Crippen molar-refractivity contribution < 1.29 is 26.1 Å². The molecule has 3 rings (SSSR count). The third kappa shape index (κ3) is 4.89. The van der Waals surface area contributed by atoms with Gasteiger partial charge >= 0.3 is 5.51 Å². The molecule has 2 aromatic rings. The van der Waals surface area contributed by atoms with E-state index in [2.05, 4.69) is 47.1 Å². The molecule has 0 radical (unpaired) electrons. The lowest BCUT2D eigenvalue weighted by molar-refractivity contribution is -0.0517. The smallest absolute Gasteiger partial charge is 0.485 e. The SMILES string of the molecule is O=S(=O)([O-])C(F)(F)F.c1ccc(-c2ccc3c(c2)CCCN3)[s+]c1. The number of nitrogens with one attached hydrogen (secondary N) is 1. The van der Waals surface area contributed by atoms with Crippen LogP contribution >= 0.6 is 11.3 Å². The number of benzene rings is 1. The molecule has 1 aromatic heterocycles. The third-order valence-electron chi connectivity index (χ3n) is 3.24. The number of halogens is 3. The van der Waals surface area contributed by atoms with Crippen LogP contribution in [0.1, 0.15) is 12.0 Å². The minimum atomic E-state index is -6.09. The molecular weight excluding hydrogens is 363 g/mol. The fraction of sp³-hybridized carbons (Fsp3) is 0.267. The van der Waals surface area contributed by atoms with E-state index >= 15 is 0 Å². The van der Waals surface area contributed by atoms with E-state index in [0.29, 0.717) is 0 Å². The average molecular weight is 377 g/mol. The minimum Gasteiger partial charge on any atom is -0.741 e. The second kappa shape index (κ2) is 7.45. The second-order valence-electron chi connectivity index (χ2n) is 4.97. The average Bonchev–Trinajstić information content (AvgIpc) is 2.54. The zero-order valence-corrected chi connectivity index (χ0v) is 14.0. The van der Waals surface area contributed by atoms with E-state index in [9.17, 15) is 13.2 Å². The molecule has 0 fully saturated rings. The summed E-state index contributed by atoms with van der Waals surface area (Å²) in [6.45, 7) is 1.11. The normalized spacial score (nSPS) is 14.0. The molecule has 1 aromatic carbocycles. The van der Waals surface area contributed by atoms with E-state index in [4.69, 9.17) is 13.0 Å². The predicted octanol–water partition coefficient (Wildman–Crippen LogP) is 4.11. The Morgan fingerprint density at radius 2 is 1.88 bits per heavy atom. The maximum Gasteiger partial charge on any atom is 0.485 e. The van der Waals surface area contributed by atoms with E-state index in [-0.39, 0.29) is 0 Å². The maximum absolute atomic E-state index is 10.7. The van der Waals surface area contributed by atoms with Gasteiger partial charge in [0.25, 0.3) is 0 Å². The Morgan fingerprint density at radius 3 is 2.46 bits per heavy atom. The van der Waals surface area contributed by atoms with Gasteiger partial charge in [-0.3, -0.25) is 0 Å². The van der Waals surface area contributed by atoms with Gasteiger partial charge in [-0.2, -0.15) is 13.2 Å². The first-order valence-electron chi connectivity index (χ1n) is 6.94. The Balaban J connectivity index is 0.000000224. The Hall–Kier alpha value is -1.71. The molecule has 0 aliphatic carbocycles. The maximum atomic E-state index is 10.7. The first-order valence-corrected chi connectivity index (χ1v) is 9.23. The summed E-state index contributed by atoms with van der Waals surface area (Å²) in [6, 6.07) is 13.1. The number of hydrogen-bond donors (Lipinski definition) is 1. The van der Waals surface area contributed by atoms with Crippen molar-refractivity contribution in [2.24, 2.45) is 0 Å². The van der Waals surface area contributed by atoms with Crippen LogP contribution in [0.4, 0.5) is 18.9 Å². The second-order valence-corrected chi connectivity index (χ2v) is 7.29. The van der Waals surface area contributed by atoms with Gasteiger partial charge in [-0.15, -0.1) is 0 Å². The summed E-state index contributed by atoms with van der Waals surface area (Å²) in [5.74, 6) is 0. The largest absolute Gasteiger partial charge is 0.741 e. The van der Waals surface area contributed by atoms with E-state index in [0.717, 1.165) is 6.54 Å². The van der Waals surface area contributed by atoms with E-state index in [1.807, 2.05) is 0 Å². The number of anilines is 1. The molecule has 0 bridgehead atoms. The van der Waals surface area contributed by atoms with Crippen LogP contribution in [-0.4, -0.2) is 25.0 Å². The van der Waals surface area contributed by atoms with Crippen LogP contribution in [0.5, 0.6) is 0 Å². The van der Waals surface area contributed by atoms with Crippen molar-refractivity contribution in [1.82, 2.24) is 0 Å². The molecular formula is C15H14F3NO3S2. The van der Waals surface area contributed by atoms with Crippen molar-refractivity contribution >= 4 is 27.1 Å². The van der Waals surface area contributed by atoms with Crippen LogP contribution in [0.2, 0.25) is 0 Å². The number of hydrogen-bond acceptors (Lipinski definition) is 4. The molecule has 1 N–H and O–H groups in total. The van der Waals surface area contributed by atoms with Gasteiger partial charge in [-0.05, 0) is 42.7 Å². The molecule has 0 saturated carbocycles. The zero-order chi connectivity index (χ0) is 17.8. The topological polar surface area (TPSA) is 69.2 Å². The molecule has 4 nitrogen and oxygen atoms in total. The molecule has 24 heavy (non-hydrogen) atoms. The van der Waals surface area contributed by atoms with Gasteiger partial charge in [0.1, 0.15) is 0 Å². The Bertz CT molecular complexity index is 793. The summed E-state index contributed by atoms with van der Waals surface area (Å²) in [5, 5.41) is 5.58. The van der Waals surface area contributed by atoms with Crippen LogP contribution in [0.15, 0.2) is 41.8 Å². The molecule has 1 aliphatic heterocycles. The molecule has 130 valence electrons. The van der Waals surface area contributed by atoms with Crippen LogP contribution in [0.3, 0.4) is 0 Å². The first kappa shape index (κ1) is 18.6. The summed E-state index contributed by atoms with van der Waals surface area (Å²) in [6.07, 6.45) is 2.45. The van der Waals surface area contributed by atoms with Crippen LogP contribution in [-0.2, 0) is 16.5 Å². The lowest BCUT2D eigenvalue weighted by atomic mass is 10.0. The Kier molecular flexibility index (Phi) is 5.79. The van der Waals surface area contributed by atoms with E-state index in [1.165, 1.54) is 34.5 Å². The van der Waals surface area contributed by atoms with Gasteiger partial charge in [0.15, 0.2) is 15.5 Å². The van der Waals surface area contributed by atoms with Crippen molar-refractivity contribution in [3.8, 4) is 10.4 Å². The molecule has 2 heterocycles. The van der Waals surface area contributed by atoms with Crippen molar-refractivity contribution in [2.45, 2.75) is 18.3 Å². The fourth-order valence-electron chi connectivity index (χ4n) is 2.13. The summed E-state index contributed by atoms with van der Waals surface area (Å²) in [4.78, 5) is 1.34. The monoisotopic (exact) mass is 377 g/mol. The summed E-state index contributed by atoms with van der Waals surface area (Å²) >= 11 is 1.80. The highest BCUT2D eigenvalue weighted by atomic mass is 32.2. The number of aryl methyl sites for hydroxylation is 1. The van der Waals surface area contributed by atoms with Gasteiger partial charge in [-0.25, -0.2) is 8.42 Å². The van der Waals surface area contributed by atoms with Gasteiger partial charge < -0.3 is 9.87 Å². The van der Waals surface area contributed by atoms with E-state index in [1.54, 1.807) is 11.3 Å². The highest BCUT2D eigenvalue weighted by Crippen LogP contribution is 2.29. The zero-order valence-electron chi connectivity index (χ0n) is 12.3. The lowest BCUT2D eigenvalue weighted by Gasteiger charge is -2.17. The molecule has 1 aliphatic rings. The predicted molar refractivity (Wildman–Crippen MR) is 86.7 cm³/mol. The van der Waals surface area contributed by atoms with Gasteiger partial charge in [0, 0.05) is 23.9 Å². The van der Waals surface area contributed by atoms with Gasteiger partial charge in [0.2, 0.25) is 16.2 Å². The third-order valence-corrected chi connectivity index (χ3v) is 4.73. The highest BCUT2D eigenvalue weighted by molar-refractivity contribution is 7.86. The molecule has 9 heteroatoms. The van der Waals surface area contributed by atoms with Crippen molar-refractivity contribution in [3.05, 3.63) is 47.3 Å². The van der Waals surface area contributed by atoms with Gasteiger partial charge in [-0.1, -0.05) is 6.07 Å². The fourth-order valence-corrected chi connectivity index (χ4v) is 2.87.